The van der Waals surface area contributed by atoms with Gasteiger partial charge in [-0.05, 0) is 24.1 Å². The van der Waals surface area contributed by atoms with Gasteiger partial charge < -0.3 is 5.32 Å². The lowest BCUT2D eigenvalue weighted by molar-refractivity contribution is -0.115. The van der Waals surface area contributed by atoms with Crippen molar-refractivity contribution in [2.24, 2.45) is 0 Å². The van der Waals surface area contributed by atoms with Crippen LogP contribution in [0.15, 0.2) is 16.6 Å². The SMILES string of the molecule is Cc1ccc(Br)c2c1NC(=O)C2. The van der Waals surface area contributed by atoms with Crippen LogP contribution >= 0.6 is 15.9 Å². The van der Waals surface area contributed by atoms with Crippen molar-refractivity contribution in [2.75, 3.05) is 5.32 Å². The normalized spacial score (nSPS) is 14.3. The van der Waals surface area contributed by atoms with Crippen molar-refractivity contribution in [3.05, 3.63) is 27.7 Å². The Balaban J connectivity index is 2.64. The van der Waals surface area contributed by atoms with Crippen LogP contribution in [-0.4, -0.2) is 5.91 Å². The van der Waals surface area contributed by atoms with E-state index in [9.17, 15) is 4.79 Å². The maximum absolute atomic E-state index is 11.1. The van der Waals surface area contributed by atoms with E-state index < -0.39 is 0 Å². The fourth-order valence-corrected chi connectivity index (χ4v) is 1.90. The van der Waals surface area contributed by atoms with Crippen LogP contribution in [0.25, 0.3) is 0 Å². The maximum Gasteiger partial charge on any atom is 0.228 e. The van der Waals surface area contributed by atoms with Gasteiger partial charge in [0.25, 0.3) is 0 Å². The van der Waals surface area contributed by atoms with Gasteiger partial charge in [0.2, 0.25) is 5.91 Å². The monoisotopic (exact) mass is 225 g/mol. The van der Waals surface area contributed by atoms with Crippen molar-refractivity contribution in [3.63, 3.8) is 0 Å². The van der Waals surface area contributed by atoms with Gasteiger partial charge >= 0.3 is 0 Å². The number of rotatable bonds is 0. The van der Waals surface area contributed by atoms with Crippen LogP contribution in [0, 0.1) is 6.92 Å². The third-order valence-electron chi connectivity index (χ3n) is 2.07. The molecule has 0 saturated heterocycles. The van der Waals surface area contributed by atoms with Crippen LogP contribution in [0.1, 0.15) is 11.1 Å². The van der Waals surface area contributed by atoms with Gasteiger partial charge in [0.1, 0.15) is 0 Å². The molecular formula is C9H8BrNO. The number of halogens is 1. The minimum Gasteiger partial charge on any atom is -0.325 e. The number of hydrogen-bond acceptors (Lipinski definition) is 1. The fourth-order valence-electron chi connectivity index (χ4n) is 1.43. The summed E-state index contributed by atoms with van der Waals surface area (Å²) in [6.45, 7) is 2.00. The Hall–Kier alpha value is -0.830. The Labute approximate surface area is 79.1 Å². The second kappa shape index (κ2) is 2.59. The summed E-state index contributed by atoms with van der Waals surface area (Å²) in [6.07, 6.45) is 0.498. The van der Waals surface area contributed by atoms with Crippen molar-refractivity contribution in [2.45, 2.75) is 13.3 Å². The van der Waals surface area contributed by atoms with E-state index in [1.165, 1.54) is 0 Å². The molecule has 0 atom stereocenters. The van der Waals surface area contributed by atoms with Gasteiger partial charge in [-0.25, -0.2) is 0 Å². The number of hydrogen-bond donors (Lipinski definition) is 1. The van der Waals surface area contributed by atoms with E-state index >= 15 is 0 Å². The fraction of sp³-hybridized carbons (Fsp3) is 0.222. The summed E-state index contributed by atoms with van der Waals surface area (Å²) in [7, 11) is 0. The average Bonchev–Trinajstić information content (AvgIpc) is 2.41. The highest BCUT2D eigenvalue weighted by Crippen LogP contribution is 2.32. The zero-order valence-corrected chi connectivity index (χ0v) is 8.23. The molecular weight excluding hydrogens is 218 g/mol. The third-order valence-corrected chi connectivity index (χ3v) is 2.81. The molecule has 0 aromatic heterocycles. The Bertz CT molecular complexity index is 327. The minimum absolute atomic E-state index is 0.0833. The second-order valence-corrected chi connectivity index (χ2v) is 3.80. The smallest absolute Gasteiger partial charge is 0.228 e. The summed E-state index contributed by atoms with van der Waals surface area (Å²) in [4.78, 5) is 11.1. The first-order valence-corrected chi connectivity index (χ1v) is 4.55. The van der Waals surface area contributed by atoms with Crippen molar-refractivity contribution < 1.29 is 4.79 Å². The minimum atomic E-state index is 0.0833. The predicted molar refractivity (Wildman–Crippen MR) is 51.2 cm³/mol. The Kier molecular flexibility index (Phi) is 1.68. The molecule has 3 heteroatoms. The summed E-state index contributed by atoms with van der Waals surface area (Å²) in [5.74, 6) is 0.0833. The van der Waals surface area contributed by atoms with E-state index in [1.54, 1.807) is 0 Å². The number of aryl methyl sites for hydroxylation is 1. The number of amides is 1. The third kappa shape index (κ3) is 1.05. The van der Waals surface area contributed by atoms with E-state index in [0.29, 0.717) is 6.42 Å². The summed E-state index contributed by atoms with van der Waals surface area (Å²) >= 11 is 3.42. The van der Waals surface area contributed by atoms with Crippen LogP contribution in [0.4, 0.5) is 5.69 Å². The lowest BCUT2D eigenvalue weighted by Gasteiger charge is -2.03. The van der Waals surface area contributed by atoms with Crippen LogP contribution in [0.5, 0.6) is 0 Å². The van der Waals surface area contributed by atoms with Crippen LogP contribution in [0.3, 0.4) is 0 Å². The van der Waals surface area contributed by atoms with Gasteiger partial charge in [0.15, 0.2) is 0 Å². The van der Waals surface area contributed by atoms with E-state index in [-0.39, 0.29) is 5.91 Å². The highest BCUT2D eigenvalue weighted by molar-refractivity contribution is 9.10. The maximum atomic E-state index is 11.1. The first-order valence-electron chi connectivity index (χ1n) is 3.76. The summed E-state index contributed by atoms with van der Waals surface area (Å²) in [5, 5.41) is 2.84. The number of fused-ring (bicyclic) bond motifs is 1. The first kappa shape index (κ1) is 7.80. The molecule has 0 radical (unpaired) electrons. The first-order chi connectivity index (χ1) is 5.68. The van der Waals surface area contributed by atoms with E-state index in [2.05, 4.69) is 21.2 Å². The lowest BCUT2D eigenvalue weighted by Crippen LogP contribution is -2.04. The highest BCUT2D eigenvalue weighted by atomic mass is 79.9. The molecule has 1 N–H and O–H groups in total. The van der Waals surface area contributed by atoms with Crippen molar-refractivity contribution in [3.8, 4) is 0 Å². The standard InChI is InChI=1S/C9H8BrNO/c1-5-2-3-7(10)6-4-8(12)11-9(5)6/h2-3H,4H2,1H3,(H,11,12). The molecule has 1 amide bonds. The molecule has 1 aliphatic heterocycles. The number of anilines is 1. The van der Waals surface area contributed by atoms with Gasteiger partial charge in [0, 0.05) is 10.2 Å². The molecule has 0 aliphatic carbocycles. The summed E-state index contributed by atoms with van der Waals surface area (Å²) < 4.78 is 1.02. The topological polar surface area (TPSA) is 29.1 Å². The zero-order valence-electron chi connectivity index (χ0n) is 6.65. The molecule has 0 saturated carbocycles. The largest absolute Gasteiger partial charge is 0.325 e. The Morgan fingerprint density at radius 1 is 1.50 bits per heavy atom. The van der Waals surface area contributed by atoms with Gasteiger partial charge in [-0.3, -0.25) is 4.79 Å². The number of nitrogens with one attached hydrogen (secondary N) is 1. The lowest BCUT2D eigenvalue weighted by atomic mass is 10.1. The van der Waals surface area contributed by atoms with Gasteiger partial charge in [-0.15, -0.1) is 0 Å². The number of carbonyl (C=O) groups excluding carboxylic acids is 1. The van der Waals surface area contributed by atoms with Crippen molar-refractivity contribution >= 4 is 27.5 Å². The summed E-state index contributed by atoms with van der Waals surface area (Å²) in [5.41, 5.74) is 3.19. The molecule has 2 rings (SSSR count). The molecule has 2 nitrogen and oxygen atoms in total. The molecule has 0 unspecified atom stereocenters. The van der Waals surface area contributed by atoms with E-state index in [4.69, 9.17) is 0 Å². The van der Waals surface area contributed by atoms with Crippen LogP contribution < -0.4 is 5.32 Å². The molecule has 1 heterocycles. The molecule has 1 aliphatic rings. The Morgan fingerprint density at radius 3 is 2.92 bits per heavy atom. The highest BCUT2D eigenvalue weighted by Gasteiger charge is 2.21. The molecule has 0 fully saturated rings. The molecule has 12 heavy (non-hydrogen) atoms. The molecule has 62 valence electrons. The van der Waals surface area contributed by atoms with E-state index in [0.717, 1.165) is 21.3 Å². The van der Waals surface area contributed by atoms with Crippen LogP contribution in [-0.2, 0) is 11.2 Å². The molecule has 0 spiro atoms. The quantitative estimate of drug-likeness (QED) is 0.722. The number of benzene rings is 1. The summed E-state index contributed by atoms with van der Waals surface area (Å²) in [6, 6.07) is 3.98. The molecule has 1 aromatic rings. The molecule has 0 bridgehead atoms. The van der Waals surface area contributed by atoms with Gasteiger partial charge in [0.05, 0.1) is 6.42 Å². The average molecular weight is 226 g/mol. The van der Waals surface area contributed by atoms with Gasteiger partial charge in [-0.1, -0.05) is 22.0 Å². The second-order valence-electron chi connectivity index (χ2n) is 2.94. The number of carbonyl (C=O) groups is 1. The van der Waals surface area contributed by atoms with Crippen molar-refractivity contribution in [1.82, 2.24) is 0 Å². The van der Waals surface area contributed by atoms with Crippen molar-refractivity contribution in [1.29, 1.82) is 0 Å². The van der Waals surface area contributed by atoms with Crippen LogP contribution in [0.2, 0.25) is 0 Å². The zero-order chi connectivity index (χ0) is 8.72. The Morgan fingerprint density at radius 2 is 2.25 bits per heavy atom. The van der Waals surface area contributed by atoms with Gasteiger partial charge in [-0.2, -0.15) is 0 Å². The van der Waals surface area contributed by atoms with E-state index in [1.807, 2.05) is 19.1 Å². The molecule has 1 aromatic carbocycles. The predicted octanol–water partition coefficient (Wildman–Crippen LogP) is 2.25.